The van der Waals surface area contributed by atoms with Crippen molar-refractivity contribution in [3.8, 4) is 0 Å². The Morgan fingerprint density at radius 1 is 1.35 bits per heavy atom. The molecule has 20 heavy (non-hydrogen) atoms. The smallest absolute Gasteiger partial charge is 0.230 e. The first-order valence-corrected chi connectivity index (χ1v) is 7.37. The van der Waals surface area contributed by atoms with Crippen LogP contribution in [0.2, 0.25) is 0 Å². The quantitative estimate of drug-likeness (QED) is 0.887. The van der Waals surface area contributed by atoms with Crippen molar-refractivity contribution >= 4 is 17.3 Å². The van der Waals surface area contributed by atoms with Crippen LogP contribution in [-0.2, 0) is 4.79 Å². The molecule has 1 aliphatic heterocycles. The molecule has 0 saturated carbocycles. The number of hydrogen-bond donors (Lipinski definition) is 2. The molecule has 0 spiro atoms. The molecule has 110 valence electrons. The summed E-state index contributed by atoms with van der Waals surface area (Å²) < 4.78 is 0. The Morgan fingerprint density at radius 3 is 2.65 bits per heavy atom. The SMILES string of the molecule is CCC1(C(=O)Nc2cccc(N(C)C)c2)CCNCC1. The van der Waals surface area contributed by atoms with Crippen LogP contribution in [0.4, 0.5) is 11.4 Å². The summed E-state index contributed by atoms with van der Waals surface area (Å²) in [6, 6.07) is 7.99. The van der Waals surface area contributed by atoms with Crippen molar-refractivity contribution in [2.24, 2.45) is 5.41 Å². The number of benzene rings is 1. The second-order valence-corrected chi connectivity index (χ2v) is 5.78. The molecule has 0 bridgehead atoms. The van der Waals surface area contributed by atoms with E-state index in [4.69, 9.17) is 0 Å². The largest absolute Gasteiger partial charge is 0.378 e. The lowest BCUT2D eigenvalue weighted by Gasteiger charge is -2.35. The van der Waals surface area contributed by atoms with Gasteiger partial charge < -0.3 is 15.5 Å². The molecule has 1 fully saturated rings. The van der Waals surface area contributed by atoms with E-state index in [1.54, 1.807) is 0 Å². The fourth-order valence-electron chi connectivity index (χ4n) is 2.77. The Bertz CT molecular complexity index is 465. The lowest BCUT2D eigenvalue weighted by atomic mass is 9.76. The van der Waals surface area contributed by atoms with Crippen LogP contribution < -0.4 is 15.5 Å². The van der Waals surface area contributed by atoms with Crippen LogP contribution in [0, 0.1) is 5.41 Å². The number of carbonyl (C=O) groups excluding carboxylic acids is 1. The topological polar surface area (TPSA) is 44.4 Å². The van der Waals surface area contributed by atoms with E-state index in [2.05, 4.69) is 17.6 Å². The number of carbonyl (C=O) groups is 1. The Morgan fingerprint density at radius 2 is 2.05 bits per heavy atom. The number of rotatable bonds is 4. The van der Waals surface area contributed by atoms with Gasteiger partial charge in [-0.1, -0.05) is 13.0 Å². The third-order valence-electron chi connectivity index (χ3n) is 4.34. The molecule has 1 aromatic carbocycles. The van der Waals surface area contributed by atoms with E-state index in [1.807, 2.05) is 43.3 Å². The molecule has 1 heterocycles. The van der Waals surface area contributed by atoms with Crippen molar-refractivity contribution in [3.63, 3.8) is 0 Å². The van der Waals surface area contributed by atoms with Crippen LogP contribution in [0.1, 0.15) is 26.2 Å². The number of amides is 1. The highest BCUT2D eigenvalue weighted by molar-refractivity contribution is 5.95. The lowest BCUT2D eigenvalue weighted by Crippen LogP contribution is -2.44. The summed E-state index contributed by atoms with van der Waals surface area (Å²) in [6.45, 7) is 3.97. The highest BCUT2D eigenvalue weighted by atomic mass is 16.2. The first-order chi connectivity index (χ1) is 9.57. The summed E-state index contributed by atoms with van der Waals surface area (Å²) in [4.78, 5) is 14.7. The van der Waals surface area contributed by atoms with Crippen LogP contribution in [0.5, 0.6) is 0 Å². The van der Waals surface area contributed by atoms with E-state index in [0.29, 0.717) is 0 Å². The Kier molecular flexibility index (Phi) is 4.65. The second-order valence-electron chi connectivity index (χ2n) is 5.78. The molecule has 1 saturated heterocycles. The summed E-state index contributed by atoms with van der Waals surface area (Å²) in [6.07, 6.45) is 2.74. The minimum absolute atomic E-state index is 0.164. The first-order valence-electron chi connectivity index (χ1n) is 7.37. The predicted molar refractivity (Wildman–Crippen MR) is 84.2 cm³/mol. The number of anilines is 2. The molecule has 2 N–H and O–H groups in total. The van der Waals surface area contributed by atoms with E-state index in [9.17, 15) is 4.79 Å². The van der Waals surface area contributed by atoms with E-state index in [1.165, 1.54) is 0 Å². The molecule has 1 aliphatic rings. The zero-order valence-corrected chi connectivity index (χ0v) is 12.7. The molecule has 0 atom stereocenters. The molecular formula is C16H25N3O. The van der Waals surface area contributed by atoms with E-state index >= 15 is 0 Å². The monoisotopic (exact) mass is 275 g/mol. The maximum atomic E-state index is 12.6. The van der Waals surface area contributed by atoms with Gasteiger partial charge in [-0.2, -0.15) is 0 Å². The van der Waals surface area contributed by atoms with Crippen molar-refractivity contribution < 1.29 is 4.79 Å². The zero-order chi connectivity index (χ0) is 14.6. The van der Waals surface area contributed by atoms with Crippen LogP contribution >= 0.6 is 0 Å². The maximum Gasteiger partial charge on any atom is 0.230 e. The van der Waals surface area contributed by atoms with Gasteiger partial charge in [0, 0.05) is 25.5 Å². The first kappa shape index (κ1) is 14.9. The molecule has 1 amide bonds. The van der Waals surface area contributed by atoms with Crippen LogP contribution in [0.15, 0.2) is 24.3 Å². The minimum atomic E-state index is -0.209. The summed E-state index contributed by atoms with van der Waals surface area (Å²) >= 11 is 0. The number of hydrogen-bond acceptors (Lipinski definition) is 3. The van der Waals surface area contributed by atoms with E-state index in [-0.39, 0.29) is 11.3 Å². The van der Waals surface area contributed by atoms with Crippen LogP contribution in [0.25, 0.3) is 0 Å². The van der Waals surface area contributed by atoms with Crippen molar-refractivity contribution in [2.75, 3.05) is 37.4 Å². The van der Waals surface area contributed by atoms with Gasteiger partial charge in [0.05, 0.1) is 5.41 Å². The molecule has 0 aliphatic carbocycles. The van der Waals surface area contributed by atoms with Gasteiger partial charge in [-0.3, -0.25) is 4.79 Å². The van der Waals surface area contributed by atoms with Gasteiger partial charge in [0.1, 0.15) is 0 Å². The highest BCUT2D eigenvalue weighted by Gasteiger charge is 2.37. The van der Waals surface area contributed by atoms with Crippen LogP contribution in [0.3, 0.4) is 0 Å². The van der Waals surface area contributed by atoms with Crippen molar-refractivity contribution in [3.05, 3.63) is 24.3 Å². The zero-order valence-electron chi connectivity index (χ0n) is 12.7. The Balaban J connectivity index is 2.12. The van der Waals surface area contributed by atoms with Gasteiger partial charge in [0.25, 0.3) is 0 Å². The predicted octanol–water partition coefficient (Wildman–Crippen LogP) is 2.47. The second kappa shape index (κ2) is 6.27. The lowest BCUT2D eigenvalue weighted by molar-refractivity contribution is -0.127. The summed E-state index contributed by atoms with van der Waals surface area (Å²) in [5.41, 5.74) is 1.77. The van der Waals surface area contributed by atoms with Gasteiger partial charge in [-0.25, -0.2) is 0 Å². The number of piperidine rings is 1. The van der Waals surface area contributed by atoms with Crippen molar-refractivity contribution in [2.45, 2.75) is 26.2 Å². The van der Waals surface area contributed by atoms with Crippen molar-refractivity contribution in [1.82, 2.24) is 5.32 Å². The molecule has 4 nitrogen and oxygen atoms in total. The molecule has 1 aromatic rings. The summed E-state index contributed by atoms with van der Waals surface area (Å²) in [7, 11) is 4.00. The van der Waals surface area contributed by atoms with Gasteiger partial charge in [0.2, 0.25) is 5.91 Å². The fraction of sp³-hybridized carbons (Fsp3) is 0.562. The normalized spacial score (nSPS) is 17.6. The Labute approximate surface area is 121 Å². The third-order valence-corrected chi connectivity index (χ3v) is 4.34. The molecule has 2 rings (SSSR count). The Hall–Kier alpha value is -1.55. The maximum absolute atomic E-state index is 12.6. The van der Waals surface area contributed by atoms with E-state index in [0.717, 1.165) is 43.7 Å². The fourth-order valence-corrected chi connectivity index (χ4v) is 2.77. The summed E-state index contributed by atoms with van der Waals surface area (Å²) in [5, 5.41) is 6.44. The average Bonchev–Trinajstić information content (AvgIpc) is 2.48. The number of nitrogens with zero attached hydrogens (tertiary/aromatic N) is 1. The van der Waals surface area contributed by atoms with Crippen molar-refractivity contribution in [1.29, 1.82) is 0 Å². The van der Waals surface area contributed by atoms with Gasteiger partial charge in [-0.05, 0) is 50.6 Å². The molecule has 0 unspecified atom stereocenters. The van der Waals surface area contributed by atoms with Gasteiger partial charge >= 0.3 is 0 Å². The average molecular weight is 275 g/mol. The minimum Gasteiger partial charge on any atom is -0.378 e. The standard InChI is InChI=1S/C16H25N3O/c1-4-16(8-10-17-11-9-16)15(20)18-13-6-5-7-14(12-13)19(2)3/h5-7,12,17H,4,8-11H2,1-3H3,(H,18,20). The highest BCUT2D eigenvalue weighted by Crippen LogP contribution is 2.34. The molecule has 4 heteroatoms. The molecular weight excluding hydrogens is 250 g/mol. The number of nitrogens with one attached hydrogen (secondary N) is 2. The van der Waals surface area contributed by atoms with Gasteiger partial charge in [-0.15, -0.1) is 0 Å². The van der Waals surface area contributed by atoms with E-state index < -0.39 is 0 Å². The molecule has 0 aromatic heterocycles. The third kappa shape index (κ3) is 3.12. The van der Waals surface area contributed by atoms with Crippen LogP contribution in [-0.4, -0.2) is 33.1 Å². The molecule has 0 radical (unpaired) electrons. The summed E-state index contributed by atoms with van der Waals surface area (Å²) in [5.74, 6) is 0.164. The van der Waals surface area contributed by atoms with Gasteiger partial charge in [0.15, 0.2) is 0 Å².